The van der Waals surface area contributed by atoms with Crippen LogP contribution in [0, 0.1) is 0 Å². The molecule has 1 fully saturated rings. The number of hydrogen-bond donors (Lipinski definition) is 0. The monoisotopic (exact) mass is 328 g/mol. The first kappa shape index (κ1) is 16.8. The summed E-state index contributed by atoms with van der Waals surface area (Å²) in [6.45, 7) is 8.62. The molecule has 0 bridgehead atoms. The van der Waals surface area contributed by atoms with Gasteiger partial charge in [0.1, 0.15) is 0 Å². The maximum atomic E-state index is 12.6. The summed E-state index contributed by atoms with van der Waals surface area (Å²) in [6.07, 6.45) is 3.49. The maximum absolute atomic E-state index is 12.6. The van der Waals surface area contributed by atoms with Crippen molar-refractivity contribution in [3.05, 3.63) is 21.3 Å². The summed E-state index contributed by atoms with van der Waals surface area (Å²) in [5.74, 6) is 0.263. The number of nitrogens with zero attached hydrogens (tertiary/aromatic N) is 2. The van der Waals surface area contributed by atoms with E-state index < -0.39 is 0 Å². The highest BCUT2D eigenvalue weighted by atomic mass is 35.5. The van der Waals surface area contributed by atoms with Crippen LogP contribution in [0.25, 0.3) is 0 Å². The van der Waals surface area contributed by atoms with Gasteiger partial charge in [-0.1, -0.05) is 18.5 Å². The number of thiophene rings is 1. The van der Waals surface area contributed by atoms with Gasteiger partial charge >= 0.3 is 0 Å². The van der Waals surface area contributed by atoms with Crippen molar-refractivity contribution in [2.75, 3.05) is 13.1 Å². The smallest absolute Gasteiger partial charge is 0.237 e. The molecule has 0 spiro atoms. The lowest BCUT2D eigenvalue weighted by Crippen LogP contribution is -2.50. The van der Waals surface area contributed by atoms with Crippen LogP contribution in [-0.4, -0.2) is 40.9 Å². The Balaban J connectivity index is 1.95. The van der Waals surface area contributed by atoms with Crippen molar-refractivity contribution in [2.45, 2.75) is 58.7 Å². The topological polar surface area (TPSA) is 23.6 Å². The van der Waals surface area contributed by atoms with Crippen LogP contribution in [0.5, 0.6) is 0 Å². The van der Waals surface area contributed by atoms with Gasteiger partial charge in [0.2, 0.25) is 5.91 Å². The summed E-state index contributed by atoms with van der Waals surface area (Å²) in [5, 5.41) is 0. The molecule has 0 N–H and O–H groups in total. The fourth-order valence-corrected chi connectivity index (χ4v) is 4.25. The standard InChI is InChI=1S/C16H25ClN2OS/c1-4-18(10-14-8-9-15(17)21-14)11-16(20)19-12(2)6-5-7-13(19)3/h8-9,12-13H,4-7,10-11H2,1-3H3. The SMILES string of the molecule is CCN(CC(=O)N1C(C)CCCC1C)Cc1ccc(Cl)s1. The van der Waals surface area contributed by atoms with Crippen LogP contribution >= 0.6 is 22.9 Å². The molecule has 0 aliphatic carbocycles. The van der Waals surface area contributed by atoms with E-state index in [1.807, 2.05) is 12.1 Å². The van der Waals surface area contributed by atoms with Crippen molar-refractivity contribution < 1.29 is 4.79 Å². The van der Waals surface area contributed by atoms with Gasteiger partial charge in [-0.2, -0.15) is 0 Å². The van der Waals surface area contributed by atoms with Crippen molar-refractivity contribution in [3.8, 4) is 0 Å². The van der Waals surface area contributed by atoms with Gasteiger partial charge in [0.05, 0.1) is 10.9 Å². The van der Waals surface area contributed by atoms with Crippen LogP contribution in [0.1, 0.15) is 44.9 Å². The Morgan fingerprint density at radius 2 is 2.05 bits per heavy atom. The third-order valence-corrected chi connectivity index (χ3v) is 5.51. The summed E-state index contributed by atoms with van der Waals surface area (Å²) in [5.41, 5.74) is 0. The average molecular weight is 329 g/mol. The minimum atomic E-state index is 0.263. The molecule has 0 aromatic carbocycles. The lowest BCUT2D eigenvalue weighted by Gasteiger charge is -2.40. The molecule has 1 aromatic rings. The van der Waals surface area contributed by atoms with E-state index in [9.17, 15) is 4.79 Å². The Labute approximate surface area is 136 Å². The normalized spacial score (nSPS) is 22.8. The molecule has 118 valence electrons. The van der Waals surface area contributed by atoms with Gasteiger partial charge in [0.25, 0.3) is 0 Å². The summed E-state index contributed by atoms with van der Waals surface area (Å²) in [7, 11) is 0. The number of halogens is 1. The molecule has 2 atom stereocenters. The fourth-order valence-electron chi connectivity index (χ4n) is 3.12. The zero-order valence-corrected chi connectivity index (χ0v) is 14.7. The third-order valence-electron chi connectivity index (χ3n) is 4.30. The van der Waals surface area contributed by atoms with E-state index in [-0.39, 0.29) is 5.91 Å². The quantitative estimate of drug-likeness (QED) is 0.815. The second-order valence-electron chi connectivity index (χ2n) is 5.94. The summed E-state index contributed by atoms with van der Waals surface area (Å²) < 4.78 is 0.811. The van der Waals surface area contributed by atoms with Crippen molar-refractivity contribution in [1.82, 2.24) is 9.80 Å². The van der Waals surface area contributed by atoms with E-state index >= 15 is 0 Å². The van der Waals surface area contributed by atoms with Gasteiger partial charge in [0, 0.05) is 23.5 Å². The van der Waals surface area contributed by atoms with E-state index in [1.165, 1.54) is 11.3 Å². The Morgan fingerprint density at radius 3 is 2.57 bits per heavy atom. The number of carbonyl (C=O) groups excluding carboxylic acids is 1. The van der Waals surface area contributed by atoms with Gasteiger partial charge in [-0.15, -0.1) is 11.3 Å². The van der Waals surface area contributed by atoms with E-state index in [0.717, 1.165) is 30.3 Å². The molecule has 1 aliphatic heterocycles. The molecule has 1 saturated heterocycles. The van der Waals surface area contributed by atoms with Crippen LogP contribution in [0.3, 0.4) is 0 Å². The second-order valence-corrected chi connectivity index (χ2v) is 7.74. The predicted molar refractivity (Wildman–Crippen MR) is 89.9 cm³/mol. The lowest BCUT2D eigenvalue weighted by atomic mass is 9.97. The summed E-state index contributed by atoms with van der Waals surface area (Å²) >= 11 is 7.57. The van der Waals surface area contributed by atoms with Crippen LogP contribution in [0.4, 0.5) is 0 Å². The van der Waals surface area contributed by atoms with Crippen LogP contribution in [0.2, 0.25) is 4.34 Å². The first-order valence-electron chi connectivity index (χ1n) is 7.79. The maximum Gasteiger partial charge on any atom is 0.237 e. The molecule has 1 aliphatic rings. The highest BCUT2D eigenvalue weighted by Gasteiger charge is 2.29. The number of hydrogen-bond acceptors (Lipinski definition) is 3. The molecular formula is C16H25ClN2OS. The molecule has 0 radical (unpaired) electrons. The van der Waals surface area contributed by atoms with Crippen LogP contribution in [0.15, 0.2) is 12.1 Å². The summed E-state index contributed by atoms with van der Waals surface area (Å²) in [6, 6.07) is 4.71. The van der Waals surface area contributed by atoms with Crippen molar-refractivity contribution in [2.24, 2.45) is 0 Å². The van der Waals surface area contributed by atoms with Gasteiger partial charge in [0.15, 0.2) is 0 Å². The van der Waals surface area contributed by atoms with Gasteiger partial charge in [-0.3, -0.25) is 9.69 Å². The number of likely N-dealkylation sites (tertiary alicyclic amines) is 1. The molecular weight excluding hydrogens is 304 g/mol. The molecule has 21 heavy (non-hydrogen) atoms. The van der Waals surface area contributed by atoms with E-state index in [1.54, 1.807) is 11.3 Å². The highest BCUT2D eigenvalue weighted by Crippen LogP contribution is 2.24. The second kappa shape index (κ2) is 7.61. The molecule has 1 amide bonds. The van der Waals surface area contributed by atoms with Crippen molar-refractivity contribution in [1.29, 1.82) is 0 Å². The Morgan fingerprint density at radius 1 is 1.38 bits per heavy atom. The first-order chi connectivity index (χ1) is 10.0. The van der Waals surface area contributed by atoms with Crippen molar-refractivity contribution >= 4 is 28.8 Å². The Kier molecular flexibility index (Phi) is 6.08. The average Bonchev–Trinajstić information content (AvgIpc) is 2.83. The predicted octanol–water partition coefficient (Wildman–Crippen LogP) is 4.01. The molecule has 5 heteroatoms. The van der Waals surface area contributed by atoms with Gasteiger partial charge in [-0.05, 0) is 51.8 Å². The summed E-state index contributed by atoms with van der Waals surface area (Å²) in [4.78, 5) is 18.1. The molecule has 1 aromatic heterocycles. The number of piperidine rings is 1. The number of rotatable bonds is 5. The van der Waals surface area contributed by atoms with E-state index in [0.29, 0.717) is 18.6 Å². The van der Waals surface area contributed by atoms with Crippen LogP contribution < -0.4 is 0 Å². The lowest BCUT2D eigenvalue weighted by molar-refractivity contribution is -0.138. The first-order valence-corrected chi connectivity index (χ1v) is 8.98. The zero-order valence-electron chi connectivity index (χ0n) is 13.1. The number of amides is 1. The van der Waals surface area contributed by atoms with Crippen LogP contribution in [-0.2, 0) is 11.3 Å². The number of likely N-dealkylation sites (N-methyl/N-ethyl adjacent to an activating group) is 1. The fraction of sp³-hybridized carbons (Fsp3) is 0.688. The minimum Gasteiger partial charge on any atom is -0.336 e. The largest absolute Gasteiger partial charge is 0.336 e. The van der Waals surface area contributed by atoms with Gasteiger partial charge < -0.3 is 4.90 Å². The molecule has 2 unspecified atom stereocenters. The Hall–Kier alpha value is -0.580. The Bertz CT molecular complexity index is 467. The van der Waals surface area contributed by atoms with Gasteiger partial charge in [-0.25, -0.2) is 0 Å². The molecule has 2 rings (SSSR count). The molecule has 0 saturated carbocycles. The zero-order chi connectivity index (χ0) is 15.4. The molecule has 3 nitrogen and oxygen atoms in total. The van der Waals surface area contributed by atoms with Crippen molar-refractivity contribution in [3.63, 3.8) is 0 Å². The minimum absolute atomic E-state index is 0.263. The third kappa shape index (κ3) is 4.44. The molecule has 2 heterocycles. The highest BCUT2D eigenvalue weighted by molar-refractivity contribution is 7.16. The van der Waals surface area contributed by atoms with E-state index in [2.05, 4.69) is 30.6 Å². The number of carbonyl (C=O) groups is 1. The van der Waals surface area contributed by atoms with E-state index in [4.69, 9.17) is 11.6 Å².